The molecule has 1 heterocycles. The molecule has 0 amide bonds. The van der Waals surface area contributed by atoms with E-state index in [1.54, 1.807) is 31.3 Å². The molecule has 0 atom stereocenters. The highest BCUT2D eigenvalue weighted by atomic mass is 35.5. The van der Waals surface area contributed by atoms with Crippen LogP contribution in [-0.2, 0) is 7.05 Å². The number of halogens is 2. The highest BCUT2D eigenvalue weighted by Crippen LogP contribution is 2.19. The molecule has 0 aliphatic heterocycles. The molecule has 2 rings (SSSR count). The zero-order valence-electron chi connectivity index (χ0n) is 8.45. The lowest BCUT2D eigenvalue weighted by molar-refractivity contribution is 0.103. The van der Waals surface area contributed by atoms with Crippen LogP contribution in [0, 0.1) is 0 Å². The van der Waals surface area contributed by atoms with E-state index in [9.17, 15) is 4.79 Å². The van der Waals surface area contributed by atoms with Crippen LogP contribution in [0.25, 0.3) is 0 Å². The zero-order valence-corrected chi connectivity index (χ0v) is 9.96. The molecule has 0 N–H and O–H groups in total. The van der Waals surface area contributed by atoms with Gasteiger partial charge in [-0.1, -0.05) is 23.2 Å². The molecule has 0 saturated heterocycles. The van der Waals surface area contributed by atoms with Gasteiger partial charge in [0.15, 0.2) is 0 Å². The van der Waals surface area contributed by atoms with Gasteiger partial charge in [-0.3, -0.25) is 9.48 Å². The highest BCUT2D eigenvalue weighted by molar-refractivity contribution is 6.34. The van der Waals surface area contributed by atoms with E-state index < -0.39 is 0 Å². The monoisotopic (exact) mass is 254 g/mol. The number of rotatable bonds is 2. The summed E-state index contributed by atoms with van der Waals surface area (Å²) in [6.45, 7) is 0. The van der Waals surface area contributed by atoms with E-state index in [0.717, 1.165) is 0 Å². The van der Waals surface area contributed by atoms with Gasteiger partial charge in [0.1, 0.15) is 5.69 Å². The van der Waals surface area contributed by atoms with Gasteiger partial charge in [0.2, 0.25) is 5.78 Å². The van der Waals surface area contributed by atoms with Crippen LogP contribution < -0.4 is 0 Å². The van der Waals surface area contributed by atoms with Gasteiger partial charge in [0, 0.05) is 17.6 Å². The summed E-state index contributed by atoms with van der Waals surface area (Å²) < 4.78 is 1.46. The van der Waals surface area contributed by atoms with Crippen LogP contribution in [0.2, 0.25) is 10.0 Å². The molecule has 2 aromatic rings. The largest absolute Gasteiger partial charge is 0.287 e. The molecular weight excluding hydrogens is 247 g/mol. The van der Waals surface area contributed by atoms with Gasteiger partial charge < -0.3 is 0 Å². The van der Waals surface area contributed by atoms with Gasteiger partial charge in [-0.05, 0) is 24.3 Å². The first-order chi connectivity index (χ1) is 7.59. The van der Waals surface area contributed by atoms with E-state index in [4.69, 9.17) is 23.2 Å². The molecule has 16 heavy (non-hydrogen) atoms. The van der Waals surface area contributed by atoms with Crippen LogP contribution in [0.3, 0.4) is 0 Å². The Balaban J connectivity index is 2.43. The number of hydrogen-bond donors (Lipinski definition) is 0. The number of carbonyl (C=O) groups excluding carboxylic acids is 1. The summed E-state index contributed by atoms with van der Waals surface area (Å²) in [6, 6.07) is 6.65. The van der Waals surface area contributed by atoms with E-state index in [2.05, 4.69) is 5.10 Å². The molecule has 0 spiro atoms. The second kappa shape index (κ2) is 4.28. The molecule has 1 aromatic heterocycles. The predicted octanol–water partition coefficient (Wildman–Crippen LogP) is 2.96. The minimum Gasteiger partial charge on any atom is -0.287 e. The number of ketones is 1. The van der Waals surface area contributed by atoms with Gasteiger partial charge in [-0.15, -0.1) is 0 Å². The van der Waals surface area contributed by atoms with E-state index in [1.165, 1.54) is 10.9 Å². The van der Waals surface area contributed by atoms with E-state index in [1.807, 2.05) is 0 Å². The maximum Gasteiger partial charge on any atom is 0.212 e. The topological polar surface area (TPSA) is 34.9 Å². The number of benzene rings is 1. The number of carbonyl (C=O) groups is 1. The maximum absolute atomic E-state index is 12.1. The van der Waals surface area contributed by atoms with Crippen LogP contribution in [0.15, 0.2) is 30.5 Å². The lowest BCUT2D eigenvalue weighted by atomic mass is 10.1. The number of aromatic nitrogens is 2. The fourth-order valence-corrected chi connectivity index (χ4v) is 1.78. The number of aryl methyl sites for hydroxylation is 1. The molecule has 3 nitrogen and oxygen atoms in total. The molecule has 0 saturated carbocycles. The summed E-state index contributed by atoms with van der Waals surface area (Å²) >= 11 is 11.6. The smallest absolute Gasteiger partial charge is 0.212 e. The SMILES string of the molecule is Cn1ncc(Cl)c1C(=O)c1ccc(Cl)cc1. The first-order valence-corrected chi connectivity index (χ1v) is 5.33. The van der Waals surface area contributed by atoms with Crippen LogP contribution >= 0.6 is 23.2 Å². The summed E-state index contributed by atoms with van der Waals surface area (Å²) in [5, 5.41) is 4.86. The molecule has 0 unspecified atom stereocenters. The normalized spacial score (nSPS) is 10.4. The van der Waals surface area contributed by atoms with Crippen LogP contribution in [-0.4, -0.2) is 15.6 Å². The second-order valence-electron chi connectivity index (χ2n) is 3.30. The Morgan fingerprint density at radius 3 is 2.38 bits per heavy atom. The number of nitrogens with zero attached hydrogens (tertiary/aromatic N) is 2. The molecule has 0 radical (unpaired) electrons. The van der Waals surface area contributed by atoms with Crippen LogP contribution in [0.4, 0.5) is 0 Å². The Bertz CT molecular complexity index is 512. The third-order valence-corrected chi connectivity index (χ3v) is 2.74. The zero-order chi connectivity index (χ0) is 11.7. The van der Waals surface area contributed by atoms with Crippen molar-refractivity contribution in [1.29, 1.82) is 0 Å². The van der Waals surface area contributed by atoms with E-state index in [0.29, 0.717) is 21.3 Å². The fourth-order valence-electron chi connectivity index (χ4n) is 1.40. The average molecular weight is 255 g/mol. The van der Waals surface area contributed by atoms with Gasteiger partial charge in [0.05, 0.1) is 11.2 Å². The van der Waals surface area contributed by atoms with Crippen molar-refractivity contribution in [2.75, 3.05) is 0 Å². The van der Waals surface area contributed by atoms with Gasteiger partial charge >= 0.3 is 0 Å². The van der Waals surface area contributed by atoms with Crippen molar-refractivity contribution < 1.29 is 4.79 Å². The molecule has 0 fully saturated rings. The lowest BCUT2D eigenvalue weighted by Crippen LogP contribution is -2.08. The molecule has 1 aromatic carbocycles. The summed E-state index contributed by atoms with van der Waals surface area (Å²) in [5.41, 5.74) is 0.916. The molecule has 5 heteroatoms. The van der Waals surface area contributed by atoms with Crippen molar-refractivity contribution in [2.45, 2.75) is 0 Å². The Hall–Kier alpha value is -1.32. The summed E-state index contributed by atoms with van der Waals surface area (Å²) in [7, 11) is 1.68. The first kappa shape index (κ1) is 11.2. The highest BCUT2D eigenvalue weighted by Gasteiger charge is 2.17. The first-order valence-electron chi connectivity index (χ1n) is 4.57. The van der Waals surface area contributed by atoms with Crippen LogP contribution in [0.5, 0.6) is 0 Å². The van der Waals surface area contributed by atoms with Gasteiger partial charge in [-0.25, -0.2) is 0 Å². The fraction of sp³-hybridized carbons (Fsp3) is 0.0909. The molecule has 0 bridgehead atoms. The number of hydrogen-bond acceptors (Lipinski definition) is 2. The van der Waals surface area contributed by atoms with Gasteiger partial charge in [0.25, 0.3) is 0 Å². The predicted molar refractivity (Wildman–Crippen MR) is 63.1 cm³/mol. The Kier molecular flexibility index (Phi) is 2.99. The standard InChI is InChI=1S/C11H8Cl2N2O/c1-15-10(9(13)6-14-15)11(16)7-2-4-8(12)5-3-7/h2-6H,1H3. The third-order valence-electron chi connectivity index (χ3n) is 2.22. The van der Waals surface area contributed by atoms with Crippen molar-refractivity contribution in [2.24, 2.45) is 7.05 Å². The molecular formula is C11H8Cl2N2O. The van der Waals surface area contributed by atoms with E-state index >= 15 is 0 Å². The van der Waals surface area contributed by atoms with Crippen molar-refractivity contribution in [3.05, 3.63) is 51.8 Å². The minimum atomic E-state index is -0.165. The summed E-state index contributed by atoms with van der Waals surface area (Å²) in [5.74, 6) is -0.165. The van der Waals surface area contributed by atoms with Crippen molar-refractivity contribution >= 4 is 29.0 Å². The van der Waals surface area contributed by atoms with E-state index in [-0.39, 0.29) is 5.78 Å². The third kappa shape index (κ3) is 1.96. The quantitative estimate of drug-likeness (QED) is 0.773. The van der Waals surface area contributed by atoms with Crippen LogP contribution in [0.1, 0.15) is 16.1 Å². The minimum absolute atomic E-state index is 0.165. The Labute approximate surface area is 103 Å². The molecule has 82 valence electrons. The van der Waals surface area contributed by atoms with Gasteiger partial charge in [-0.2, -0.15) is 5.10 Å². The maximum atomic E-state index is 12.1. The molecule has 0 aliphatic rings. The second-order valence-corrected chi connectivity index (χ2v) is 4.14. The summed E-state index contributed by atoms with van der Waals surface area (Å²) in [4.78, 5) is 12.1. The summed E-state index contributed by atoms with van der Waals surface area (Å²) in [6.07, 6.45) is 1.45. The van der Waals surface area contributed by atoms with Crippen molar-refractivity contribution in [1.82, 2.24) is 9.78 Å². The Morgan fingerprint density at radius 1 is 1.25 bits per heavy atom. The molecule has 0 aliphatic carbocycles. The Morgan fingerprint density at radius 2 is 1.88 bits per heavy atom. The lowest BCUT2D eigenvalue weighted by Gasteiger charge is -2.02. The average Bonchev–Trinajstić information content (AvgIpc) is 2.59. The van der Waals surface area contributed by atoms with Crippen molar-refractivity contribution in [3.8, 4) is 0 Å². The van der Waals surface area contributed by atoms with Crippen molar-refractivity contribution in [3.63, 3.8) is 0 Å².